The van der Waals surface area contributed by atoms with E-state index in [0.717, 1.165) is 0 Å². The zero-order valence-corrected chi connectivity index (χ0v) is 11.7. The molecule has 0 aromatic heterocycles. The van der Waals surface area contributed by atoms with Crippen molar-refractivity contribution < 1.29 is 19.4 Å². The van der Waals surface area contributed by atoms with E-state index in [9.17, 15) is 14.7 Å². The number of esters is 1. The molecule has 0 amide bonds. The summed E-state index contributed by atoms with van der Waals surface area (Å²) in [5, 5.41) is 12.6. The van der Waals surface area contributed by atoms with Gasteiger partial charge < -0.3 is 15.2 Å². The van der Waals surface area contributed by atoms with Crippen molar-refractivity contribution in [3.05, 3.63) is 0 Å². The third-order valence-corrected chi connectivity index (χ3v) is 3.85. The lowest BCUT2D eigenvalue weighted by atomic mass is 9.74. The first-order chi connectivity index (χ1) is 8.12. The number of carbonyl (C=O) groups is 2. The molecule has 18 heavy (non-hydrogen) atoms. The second-order valence-corrected chi connectivity index (χ2v) is 6.26. The minimum atomic E-state index is -0.810. The van der Waals surface area contributed by atoms with Crippen LogP contribution in [0.3, 0.4) is 0 Å². The third-order valence-electron chi connectivity index (χ3n) is 3.85. The van der Waals surface area contributed by atoms with Crippen LogP contribution in [0, 0.1) is 17.3 Å². The van der Waals surface area contributed by atoms with E-state index in [1.165, 1.54) is 7.11 Å². The Bertz CT molecular complexity index is 349. The predicted octanol–water partition coefficient (Wildman–Crippen LogP) is 1.27. The predicted molar refractivity (Wildman–Crippen MR) is 67.1 cm³/mol. The molecule has 2 N–H and O–H groups in total. The standard InChI is InChI=1S/C13H23NO4/c1-12(2,11(17)18-5)6-8-7-14-13(3,4)9(8)10(15)16/h8-9,14H,6-7H2,1-5H3,(H,15,16). The Balaban J connectivity index is 2.85. The first kappa shape index (κ1) is 15.0. The molecule has 1 heterocycles. The molecule has 2 unspecified atom stereocenters. The summed E-state index contributed by atoms with van der Waals surface area (Å²) in [5.74, 6) is -1.65. The van der Waals surface area contributed by atoms with Gasteiger partial charge in [0.15, 0.2) is 0 Å². The number of rotatable bonds is 4. The van der Waals surface area contributed by atoms with Gasteiger partial charge >= 0.3 is 11.9 Å². The number of carboxylic acids is 1. The molecule has 104 valence electrons. The summed E-state index contributed by atoms with van der Waals surface area (Å²) in [6, 6.07) is 0. The second-order valence-electron chi connectivity index (χ2n) is 6.26. The van der Waals surface area contributed by atoms with Crippen molar-refractivity contribution in [2.24, 2.45) is 17.3 Å². The van der Waals surface area contributed by atoms with Crippen LogP contribution in [0.15, 0.2) is 0 Å². The molecular formula is C13H23NO4. The van der Waals surface area contributed by atoms with E-state index >= 15 is 0 Å². The van der Waals surface area contributed by atoms with Gasteiger partial charge in [0.2, 0.25) is 0 Å². The van der Waals surface area contributed by atoms with Crippen LogP contribution in [0.4, 0.5) is 0 Å². The molecule has 0 aromatic rings. The van der Waals surface area contributed by atoms with Gasteiger partial charge in [-0.05, 0) is 46.6 Å². The van der Waals surface area contributed by atoms with Crippen molar-refractivity contribution in [1.29, 1.82) is 0 Å². The maximum atomic E-state index is 11.7. The van der Waals surface area contributed by atoms with Crippen molar-refractivity contribution in [2.45, 2.75) is 39.7 Å². The van der Waals surface area contributed by atoms with E-state index in [1.54, 1.807) is 13.8 Å². The van der Waals surface area contributed by atoms with E-state index in [2.05, 4.69) is 5.32 Å². The van der Waals surface area contributed by atoms with Crippen LogP contribution >= 0.6 is 0 Å². The van der Waals surface area contributed by atoms with Gasteiger partial charge in [-0.2, -0.15) is 0 Å². The highest BCUT2D eigenvalue weighted by atomic mass is 16.5. The molecule has 0 spiro atoms. The molecule has 0 radical (unpaired) electrons. The average molecular weight is 257 g/mol. The molecular weight excluding hydrogens is 234 g/mol. The van der Waals surface area contributed by atoms with Crippen molar-refractivity contribution in [2.75, 3.05) is 13.7 Å². The molecule has 1 aliphatic heterocycles. The summed E-state index contributed by atoms with van der Waals surface area (Å²) in [6.45, 7) is 7.98. The van der Waals surface area contributed by atoms with Gasteiger partial charge in [0.25, 0.3) is 0 Å². The van der Waals surface area contributed by atoms with Crippen molar-refractivity contribution in [3.63, 3.8) is 0 Å². The van der Waals surface area contributed by atoms with Crippen LogP contribution < -0.4 is 5.32 Å². The van der Waals surface area contributed by atoms with Gasteiger partial charge in [0, 0.05) is 5.54 Å². The lowest BCUT2D eigenvalue weighted by Gasteiger charge is -2.30. The highest BCUT2D eigenvalue weighted by Gasteiger charge is 2.48. The molecule has 1 fully saturated rings. The van der Waals surface area contributed by atoms with Crippen LogP contribution in [0.1, 0.15) is 34.1 Å². The number of aliphatic carboxylic acids is 1. The average Bonchev–Trinajstić information content (AvgIpc) is 2.51. The third kappa shape index (κ3) is 2.83. The number of methoxy groups -OCH3 is 1. The first-order valence-electron chi connectivity index (χ1n) is 6.18. The molecule has 1 aliphatic rings. The normalized spacial score (nSPS) is 26.9. The maximum Gasteiger partial charge on any atom is 0.311 e. The van der Waals surface area contributed by atoms with Gasteiger partial charge in [-0.25, -0.2) is 0 Å². The first-order valence-corrected chi connectivity index (χ1v) is 6.18. The molecule has 5 heteroatoms. The van der Waals surface area contributed by atoms with Crippen molar-refractivity contribution in [3.8, 4) is 0 Å². The molecule has 1 rings (SSSR count). The molecule has 2 atom stereocenters. The highest BCUT2D eigenvalue weighted by Crippen LogP contribution is 2.39. The second kappa shape index (κ2) is 4.88. The SMILES string of the molecule is COC(=O)C(C)(C)CC1CNC(C)(C)C1C(=O)O. The van der Waals surface area contributed by atoms with E-state index in [0.29, 0.717) is 13.0 Å². The Hall–Kier alpha value is -1.10. The number of hydrogen-bond donors (Lipinski definition) is 2. The monoisotopic (exact) mass is 257 g/mol. The summed E-state index contributed by atoms with van der Waals surface area (Å²) in [5.41, 5.74) is -1.10. The van der Waals surface area contributed by atoms with E-state index in [-0.39, 0.29) is 11.9 Å². The lowest BCUT2D eigenvalue weighted by molar-refractivity contribution is -0.153. The topological polar surface area (TPSA) is 75.6 Å². The van der Waals surface area contributed by atoms with Gasteiger partial charge in [-0.15, -0.1) is 0 Å². The van der Waals surface area contributed by atoms with Crippen LogP contribution in [-0.4, -0.2) is 36.2 Å². The molecule has 0 aromatic carbocycles. The number of ether oxygens (including phenoxy) is 1. The van der Waals surface area contributed by atoms with Crippen LogP contribution in [0.5, 0.6) is 0 Å². The number of carboxylic acid groups (broad SMARTS) is 1. The Labute approximate surface area is 108 Å². The summed E-state index contributed by atoms with van der Waals surface area (Å²) in [7, 11) is 1.36. The van der Waals surface area contributed by atoms with Crippen molar-refractivity contribution >= 4 is 11.9 Å². The number of hydrogen-bond acceptors (Lipinski definition) is 4. The summed E-state index contributed by atoms with van der Waals surface area (Å²) < 4.78 is 4.77. The van der Waals surface area contributed by atoms with Crippen LogP contribution in [0.2, 0.25) is 0 Å². The minimum Gasteiger partial charge on any atom is -0.481 e. The van der Waals surface area contributed by atoms with Crippen molar-refractivity contribution in [1.82, 2.24) is 5.32 Å². The number of carbonyl (C=O) groups excluding carboxylic acids is 1. The van der Waals surface area contributed by atoms with E-state index < -0.39 is 22.8 Å². The lowest BCUT2D eigenvalue weighted by Crippen LogP contribution is -2.43. The van der Waals surface area contributed by atoms with Crippen LogP contribution in [0.25, 0.3) is 0 Å². The van der Waals surface area contributed by atoms with Gasteiger partial charge in [-0.1, -0.05) is 0 Å². The van der Waals surface area contributed by atoms with E-state index in [1.807, 2.05) is 13.8 Å². The summed E-state index contributed by atoms with van der Waals surface area (Å²) in [6.07, 6.45) is 0.507. The van der Waals surface area contributed by atoms with Gasteiger partial charge in [0.05, 0.1) is 18.4 Å². The Kier molecular flexibility index (Phi) is 4.05. The largest absolute Gasteiger partial charge is 0.481 e. The Morgan fingerprint density at radius 1 is 1.44 bits per heavy atom. The maximum absolute atomic E-state index is 11.7. The zero-order valence-electron chi connectivity index (χ0n) is 11.7. The Morgan fingerprint density at radius 2 is 2.00 bits per heavy atom. The molecule has 0 bridgehead atoms. The van der Waals surface area contributed by atoms with Gasteiger partial charge in [-0.3, -0.25) is 9.59 Å². The summed E-state index contributed by atoms with van der Waals surface area (Å²) >= 11 is 0. The fourth-order valence-corrected chi connectivity index (χ4v) is 2.93. The summed E-state index contributed by atoms with van der Waals surface area (Å²) in [4.78, 5) is 23.1. The molecule has 0 saturated carbocycles. The molecule has 0 aliphatic carbocycles. The zero-order chi connectivity index (χ0) is 14.1. The fraction of sp³-hybridized carbons (Fsp3) is 0.846. The van der Waals surface area contributed by atoms with E-state index in [4.69, 9.17) is 4.74 Å². The smallest absolute Gasteiger partial charge is 0.311 e. The quantitative estimate of drug-likeness (QED) is 0.742. The fourth-order valence-electron chi connectivity index (χ4n) is 2.93. The number of nitrogens with one attached hydrogen (secondary N) is 1. The van der Waals surface area contributed by atoms with Gasteiger partial charge in [0.1, 0.15) is 0 Å². The molecule has 1 saturated heterocycles. The molecule has 5 nitrogen and oxygen atoms in total. The minimum absolute atomic E-state index is 0.0633. The van der Waals surface area contributed by atoms with Crippen LogP contribution in [-0.2, 0) is 14.3 Å². The highest BCUT2D eigenvalue weighted by molar-refractivity contribution is 5.76. The Morgan fingerprint density at radius 3 is 2.44 bits per heavy atom.